The first-order valence-electron chi connectivity index (χ1n) is 8.60. The topological polar surface area (TPSA) is 42.9 Å². The number of hydrogen-bond acceptors (Lipinski definition) is 3. The summed E-state index contributed by atoms with van der Waals surface area (Å²) in [7, 11) is 0. The van der Waals surface area contributed by atoms with Crippen molar-refractivity contribution in [3.63, 3.8) is 0 Å². The smallest absolute Gasteiger partial charge is 0.196 e. The van der Waals surface area contributed by atoms with Crippen LogP contribution in [0.1, 0.15) is 15.9 Å². The lowest BCUT2D eigenvalue weighted by Crippen LogP contribution is -2.03. The molecule has 3 aromatic carbocycles. The summed E-state index contributed by atoms with van der Waals surface area (Å²) in [5.41, 5.74) is 6.27. The molecule has 3 nitrogen and oxygen atoms in total. The van der Waals surface area contributed by atoms with Crippen LogP contribution in [0.4, 0.5) is 0 Å². The van der Waals surface area contributed by atoms with Crippen LogP contribution >= 0.6 is 15.9 Å². The molecule has 0 amide bonds. The second kappa shape index (κ2) is 6.25. The van der Waals surface area contributed by atoms with E-state index < -0.39 is 0 Å². The summed E-state index contributed by atoms with van der Waals surface area (Å²) in [5, 5.41) is 8.99. The normalized spacial score (nSPS) is 12.0. The van der Waals surface area contributed by atoms with E-state index in [0.29, 0.717) is 16.8 Å². The number of carbonyl (C=O) groups excluding carboxylic acids is 1. The third kappa shape index (κ3) is 2.53. The van der Waals surface area contributed by atoms with E-state index in [1.165, 1.54) is 0 Å². The van der Waals surface area contributed by atoms with Crippen LogP contribution in [0.25, 0.3) is 33.6 Å². The van der Waals surface area contributed by atoms with Gasteiger partial charge in [0.05, 0.1) is 5.56 Å². The highest BCUT2D eigenvalue weighted by atomic mass is 79.9. The second-order valence-electron chi connectivity index (χ2n) is 6.39. The molecular formula is C23H13BrN2O. The third-order valence-corrected chi connectivity index (χ3v) is 5.34. The summed E-state index contributed by atoms with van der Waals surface area (Å²) in [6.45, 7) is 0. The van der Waals surface area contributed by atoms with E-state index in [1.54, 1.807) is 0 Å². The number of ketones is 1. The SMILES string of the molecule is O=C1c2ccccc2-c2nnc(-c3ccccc3)c(-c3ccc(Br)cc3)c21. The lowest BCUT2D eigenvalue weighted by molar-refractivity contribution is 0.104. The summed E-state index contributed by atoms with van der Waals surface area (Å²) in [6, 6.07) is 25.4. The minimum Gasteiger partial charge on any atom is -0.288 e. The van der Waals surface area contributed by atoms with Crippen molar-refractivity contribution in [3.8, 4) is 33.6 Å². The Hall–Kier alpha value is -3.11. The van der Waals surface area contributed by atoms with Gasteiger partial charge in [0.15, 0.2) is 5.78 Å². The predicted molar refractivity (Wildman–Crippen MR) is 109 cm³/mol. The lowest BCUT2D eigenvalue weighted by Gasteiger charge is -2.13. The fourth-order valence-electron chi connectivity index (χ4n) is 3.56. The van der Waals surface area contributed by atoms with E-state index in [0.717, 1.165) is 32.4 Å². The van der Waals surface area contributed by atoms with Gasteiger partial charge in [-0.15, -0.1) is 10.2 Å². The van der Waals surface area contributed by atoms with E-state index >= 15 is 0 Å². The van der Waals surface area contributed by atoms with Crippen molar-refractivity contribution in [1.29, 1.82) is 0 Å². The van der Waals surface area contributed by atoms with E-state index in [4.69, 9.17) is 0 Å². The number of benzene rings is 3. The fourth-order valence-corrected chi connectivity index (χ4v) is 3.83. The maximum Gasteiger partial charge on any atom is 0.196 e. The quantitative estimate of drug-likeness (QED) is 0.368. The minimum atomic E-state index is 0.00519. The molecule has 0 unspecified atom stereocenters. The van der Waals surface area contributed by atoms with Gasteiger partial charge in [-0.05, 0) is 17.7 Å². The molecule has 0 saturated heterocycles. The van der Waals surface area contributed by atoms with Gasteiger partial charge in [0.25, 0.3) is 0 Å². The highest BCUT2D eigenvalue weighted by Crippen LogP contribution is 2.43. The molecule has 27 heavy (non-hydrogen) atoms. The van der Waals surface area contributed by atoms with E-state index in [9.17, 15) is 4.79 Å². The first kappa shape index (κ1) is 16.1. The zero-order valence-electron chi connectivity index (χ0n) is 14.2. The van der Waals surface area contributed by atoms with Crippen molar-refractivity contribution >= 4 is 21.7 Å². The lowest BCUT2D eigenvalue weighted by atomic mass is 9.93. The van der Waals surface area contributed by atoms with E-state index in [-0.39, 0.29) is 5.78 Å². The van der Waals surface area contributed by atoms with Crippen molar-refractivity contribution in [1.82, 2.24) is 10.2 Å². The van der Waals surface area contributed by atoms with Crippen molar-refractivity contribution < 1.29 is 4.79 Å². The molecule has 1 aromatic heterocycles. The number of nitrogens with zero attached hydrogens (tertiary/aromatic N) is 2. The Morgan fingerprint density at radius 2 is 1.22 bits per heavy atom. The van der Waals surface area contributed by atoms with Crippen molar-refractivity contribution in [2.24, 2.45) is 0 Å². The summed E-state index contributed by atoms with van der Waals surface area (Å²) in [4.78, 5) is 13.3. The van der Waals surface area contributed by atoms with Gasteiger partial charge < -0.3 is 0 Å². The largest absolute Gasteiger partial charge is 0.288 e. The molecule has 0 atom stereocenters. The molecule has 0 radical (unpaired) electrons. The zero-order chi connectivity index (χ0) is 18.4. The maximum atomic E-state index is 13.3. The van der Waals surface area contributed by atoms with Gasteiger partial charge in [-0.3, -0.25) is 4.79 Å². The predicted octanol–water partition coefficient (Wildman–Crippen LogP) is 5.78. The number of carbonyl (C=O) groups is 1. The minimum absolute atomic E-state index is 0.00519. The number of fused-ring (bicyclic) bond motifs is 3. The summed E-state index contributed by atoms with van der Waals surface area (Å²) in [5.74, 6) is 0.00519. The number of halogens is 1. The molecule has 4 aromatic rings. The standard InChI is InChI=1S/C23H13BrN2O/c24-16-12-10-14(11-13-16)19-20-22(17-8-4-5-9-18(17)23(20)27)26-25-21(19)15-6-2-1-3-7-15/h1-13H. The summed E-state index contributed by atoms with van der Waals surface area (Å²) < 4.78 is 0.987. The number of hydrogen-bond donors (Lipinski definition) is 0. The van der Waals surface area contributed by atoms with Crippen LogP contribution in [-0.4, -0.2) is 16.0 Å². The van der Waals surface area contributed by atoms with Crippen LogP contribution in [0.3, 0.4) is 0 Å². The van der Waals surface area contributed by atoms with Crippen LogP contribution in [0.2, 0.25) is 0 Å². The molecule has 0 aliphatic heterocycles. The second-order valence-corrected chi connectivity index (χ2v) is 7.31. The molecule has 0 bridgehead atoms. The first-order chi connectivity index (χ1) is 13.2. The van der Waals surface area contributed by atoms with Crippen molar-refractivity contribution in [3.05, 3.63) is 94.5 Å². The third-order valence-electron chi connectivity index (χ3n) is 4.81. The fraction of sp³-hybridized carbons (Fsp3) is 0. The van der Waals surface area contributed by atoms with Gasteiger partial charge in [0, 0.05) is 26.7 Å². The highest BCUT2D eigenvalue weighted by molar-refractivity contribution is 9.10. The molecule has 1 heterocycles. The van der Waals surface area contributed by atoms with Gasteiger partial charge in [-0.25, -0.2) is 0 Å². The molecule has 1 aliphatic carbocycles. The van der Waals surface area contributed by atoms with Crippen LogP contribution in [-0.2, 0) is 0 Å². The Morgan fingerprint density at radius 3 is 1.96 bits per heavy atom. The molecule has 0 fully saturated rings. The van der Waals surface area contributed by atoms with Gasteiger partial charge in [-0.1, -0.05) is 82.7 Å². The van der Waals surface area contributed by atoms with E-state index in [1.807, 2.05) is 78.9 Å². The Balaban J connectivity index is 1.86. The Bertz CT molecular complexity index is 1180. The van der Waals surface area contributed by atoms with Crippen molar-refractivity contribution in [2.45, 2.75) is 0 Å². The molecule has 4 heteroatoms. The van der Waals surface area contributed by atoms with E-state index in [2.05, 4.69) is 26.1 Å². The molecule has 0 N–H and O–H groups in total. The van der Waals surface area contributed by atoms with Crippen molar-refractivity contribution in [2.75, 3.05) is 0 Å². The number of rotatable bonds is 2. The Kier molecular flexibility index (Phi) is 3.73. The Labute approximate surface area is 164 Å². The molecule has 128 valence electrons. The molecular weight excluding hydrogens is 400 g/mol. The highest BCUT2D eigenvalue weighted by Gasteiger charge is 2.33. The van der Waals surface area contributed by atoms with Gasteiger partial charge in [0.2, 0.25) is 0 Å². The summed E-state index contributed by atoms with van der Waals surface area (Å²) >= 11 is 3.48. The van der Waals surface area contributed by atoms with Crippen LogP contribution in [0, 0.1) is 0 Å². The average molecular weight is 413 g/mol. The Morgan fingerprint density at radius 1 is 0.593 bits per heavy atom. The van der Waals surface area contributed by atoms with Crippen LogP contribution in [0.15, 0.2) is 83.3 Å². The van der Waals surface area contributed by atoms with Gasteiger partial charge >= 0.3 is 0 Å². The van der Waals surface area contributed by atoms with Crippen LogP contribution < -0.4 is 0 Å². The van der Waals surface area contributed by atoms with Crippen LogP contribution in [0.5, 0.6) is 0 Å². The summed E-state index contributed by atoms with van der Waals surface area (Å²) in [6.07, 6.45) is 0. The monoisotopic (exact) mass is 412 g/mol. The molecule has 0 saturated carbocycles. The molecule has 5 rings (SSSR count). The van der Waals surface area contributed by atoms with Gasteiger partial charge in [0.1, 0.15) is 11.4 Å². The zero-order valence-corrected chi connectivity index (χ0v) is 15.8. The first-order valence-corrected chi connectivity index (χ1v) is 9.39. The average Bonchev–Trinajstić information content (AvgIpc) is 3.01. The van der Waals surface area contributed by atoms with Gasteiger partial charge in [-0.2, -0.15) is 0 Å². The molecule has 0 spiro atoms. The number of aromatic nitrogens is 2. The maximum absolute atomic E-state index is 13.3. The molecule has 1 aliphatic rings.